The Morgan fingerprint density at radius 3 is 2.83 bits per heavy atom. The molecule has 3 heteroatoms. The standard InChI is InChI=1S/C27H36O3/c1-16-4-7-20-18(14-16)5-8-22-21(20)12-13-27(3)23(9-10-24(22)27)17(2)25-11-6-19(15-28)26(29)30-25/h4,6-7,14,17,21-25,28H,5,8-13,15H2,1-3H3/t17-,21+,22+,23+,24-,25+,27+/m0/s1. The molecule has 7 atom stereocenters. The number of hydrogen-bond acceptors (Lipinski definition) is 3. The van der Waals surface area contributed by atoms with E-state index in [0.717, 1.165) is 24.2 Å². The van der Waals surface area contributed by atoms with Gasteiger partial charge < -0.3 is 9.84 Å². The molecule has 0 aromatic heterocycles. The Morgan fingerprint density at radius 1 is 1.23 bits per heavy atom. The van der Waals surface area contributed by atoms with Crippen molar-refractivity contribution in [3.05, 3.63) is 46.5 Å². The van der Waals surface area contributed by atoms with E-state index < -0.39 is 0 Å². The molecule has 3 aliphatic carbocycles. The Labute approximate surface area is 180 Å². The summed E-state index contributed by atoms with van der Waals surface area (Å²) in [7, 11) is 0. The third-order valence-corrected chi connectivity index (χ3v) is 9.46. The average molecular weight is 409 g/mol. The van der Waals surface area contributed by atoms with E-state index in [1.807, 2.05) is 6.08 Å². The zero-order chi connectivity index (χ0) is 21.0. The molecule has 30 heavy (non-hydrogen) atoms. The van der Waals surface area contributed by atoms with E-state index in [1.54, 1.807) is 11.1 Å². The summed E-state index contributed by atoms with van der Waals surface area (Å²) < 4.78 is 5.79. The van der Waals surface area contributed by atoms with E-state index in [0.29, 0.717) is 22.8 Å². The lowest BCUT2D eigenvalue weighted by molar-refractivity contribution is -0.151. The molecule has 0 unspecified atom stereocenters. The van der Waals surface area contributed by atoms with Gasteiger partial charge in [0.25, 0.3) is 0 Å². The molecule has 2 saturated carbocycles. The second kappa shape index (κ2) is 7.51. The summed E-state index contributed by atoms with van der Waals surface area (Å²) in [6, 6.07) is 7.15. The number of rotatable bonds is 3. The molecule has 0 amide bonds. The molecule has 0 saturated heterocycles. The molecular formula is C27H36O3. The lowest BCUT2D eigenvalue weighted by Crippen LogP contribution is -2.45. The van der Waals surface area contributed by atoms with Crippen LogP contribution in [0.4, 0.5) is 0 Å². The smallest absolute Gasteiger partial charge is 0.336 e. The number of aryl methyl sites for hydroxylation is 2. The van der Waals surface area contributed by atoms with Crippen molar-refractivity contribution in [1.82, 2.24) is 0 Å². The minimum absolute atomic E-state index is 0.0406. The summed E-state index contributed by atoms with van der Waals surface area (Å²) in [6.45, 7) is 6.85. The first-order valence-electron chi connectivity index (χ1n) is 12.0. The van der Waals surface area contributed by atoms with Gasteiger partial charge in [0.15, 0.2) is 0 Å². The topological polar surface area (TPSA) is 46.5 Å². The second-order valence-corrected chi connectivity index (χ2v) is 10.8. The fraction of sp³-hybridized carbons (Fsp3) is 0.667. The van der Waals surface area contributed by atoms with Crippen molar-refractivity contribution < 1.29 is 14.6 Å². The van der Waals surface area contributed by atoms with Crippen molar-refractivity contribution in [3.8, 4) is 0 Å². The number of hydrogen-bond donors (Lipinski definition) is 1. The molecular weight excluding hydrogens is 372 g/mol. The van der Waals surface area contributed by atoms with Gasteiger partial charge in [-0.3, -0.25) is 0 Å². The fourth-order valence-electron chi connectivity index (χ4n) is 7.93. The maximum absolute atomic E-state index is 12.2. The maximum atomic E-state index is 12.2. The molecule has 4 aliphatic rings. The van der Waals surface area contributed by atoms with Crippen LogP contribution < -0.4 is 0 Å². The average Bonchev–Trinajstić information content (AvgIpc) is 3.10. The second-order valence-electron chi connectivity index (χ2n) is 10.8. The van der Waals surface area contributed by atoms with Gasteiger partial charge in [-0.05, 0) is 91.6 Å². The van der Waals surface area contributed by atoms with Crippen LogP contribution in [-0.2, 0) is 16.0 Å². The minimum atomic E-state index is -0.316. The molecule has 1 heterocycles. The quantitative estimate of drug-likeness (QED) is 0.687. The van der Waals surface area contributed by atoms with Gasteiger partial charge in [0, 0.05) is 6.42 Å². The molecule has 1 aromatic rings. The molecule has 1 aromatic carbocycles. The highest BCUT2D eigenvalue weighted by Gasteiger charge is 2.56. The number of carbonyl (C=O) groups is 1. The van der Waals surface area contributed by atoms with Crippen LogP contribution in [0, 0.1) is 36.0 Å². The van der Waals surface area contributed by atoms with Gasteiger partial charge in [-0.1, -0.05) is 43.7 Å². The normalized spacial score (nSPS) is 38.7. The van der Waals surface area contributed by atoms with Crippen molar-refractivity contribution in [3.63, 3.8) is 0 Å². The minimum Gasteiger partial charge on any atom is -0.458 e. The Hall–Kier alpha value is -1.61. The SMILES string of the molecule is Cc1ccc2c(c1)CC[C@@H]1[C@@H]2CC[C@]2(C)[C@@H]([C@H](C)[C@H]3CC=C(CO)C(=O)O3)CC[C@@H]12. The Morgan fingerprint density at radius 2 is 2.07 bits per heavy atom. The van der Waals surface area contributed by atoms with Crippen LogP contribution in [0.15, 0.2) is 29.8 Å². The Bertz CT molecular complexity index is 871. The van der Waals surface area contributed by atoms with Gasteiger partial charge in [0.05, 0.1) is 12.2 Å². The van der Waals surface area contributed by atoms with Gasteiger partial charge in [-0.15, -0.1) is 0 Å². The van der Waals surface area contributed by atoms with E-state index in [4.69, 9.17) is 4.74 Å². The van der Waals surface area contributed by atoms with Crippen LogP contribution in [-0.4, -0.2) is 23.8 Å². The molecule has 0 radical (unpaired) electrons. The van der Waals surface area contributed by atoms with Gasteiger partial charge in [0.2, 0.25) is 0 Å². The summed E-state index contributed by atoms with van der Waals surface area (Å²) in [6.07, 6.45) is 10.4. The zero-order valence-electron chi connectivity index (χ0n) is 18.7. The molecule has 0 spiro atoms. The molecule has 162 valence electrons. The third-order valence-electron chi connectivity index (χ3n) is 9.46. The van der Waals surface area contributed by atoms with Crippen molar-refractivity contribution in [2.75, 3.05) is 6.61 Å². The van der Waals surface area contributed by atoms with Crippen molar-refractivity contribution in [1.29, 1.82) is 0 Å². The Kier molecular flexibility index (Phi) is 5.08. The molecule has 5 rings (SSSR count). The third kappa shape index (κ3) is 3.07. The van der Waals surface area contributed by atoms with Crippen molar-refractivity contribution >= 4 is 5.97 Å². The molecule has 1 aliphatic heterocycles. The van der Waals surface area contributed by atoms with E-state index in [9.17, 15) is 9.90 Å². The number of carbonyl (C=O) groups excluding carboxylic acids is 1. The van der Waals surface area contributed by atoms with Gasteiger partial charge in [-0.25, -0.2) is 4.79 Å². The number of cyclic esters (lactones) is 1. The van der Waals surface area contributed by atoms with Crippen LogP contribution in [0.2, 0.25) is 0 Å². The highest BCUT2D eigenvalue weighted by molar-refractivity contribution is 5.89. The van der Waals surface area contributed by atoms with Gasteiger partial charge in [-0.2, -0.15) is 0 Å². The first-order valence-corrected chi connectivity index (χ1v) is 12.0. The summed E-state index contributed by atoms with van der Waals surface area (Å²) in [5, 5.41) is 9.32. The molecule has 3 nitrogen and oxygen atoms in total. The van der Waals surface area contributed by atoms with Gasteiger partial charge >= 0.3 is 5.97 Å². The summed E-state index contributed by atoms with van der Waals surface area (Å²) in [5.41, 5.74) is 5.41. The summed E-state index contributed by atoms with van der Waals surface area (Å²) in [4.78, 5) is 12.2. The molecule has 1 N–H and O–H groups in total. The van der Waals surface area contributed by atoms with Crippen LogP contribution in [0.1, 0.15) is 75.0 Å². The monoisotopic (exact) mass is 408 g/mol. The van der Waals surface area contributed by atoms with Crippen LogP contribution in [0.3, 0.4) is 0 Å². The predicted octanol–water partition coefficient (Wildman–Crippen LogP) is 5.34. The van der Waals surface area contributed by atoms with Crippen LogP contribution in [0.5, 0.6) is 0 Å². The number of benzene rings is 1. The first kappa shape index (κ1) is 20.3. The number of ether oxygens (including phenoxy) is 1. The van der Waals surface area contributed by atoms with E-state index in [2.05, 4.69) is 39.0 Å². The summed E-state index contributed by atoms with van der Waals surface area (Å²) >= 11 is 0. The predicted molar refractivity (Wildman–Crippen MR) is 118 cm³/mol. The van der Waals surface area contributed by atoms with Crippen LogP contribution in [0.25, 0.3) is 0 Å². The van der Waals surface area contributed by atoms with Crippen molar-refractivity contribution in [2.45, 2.75) is 77.7 Å². The number of aliphatic hydroxyl groups is 1. The van der Waals surface area contributed by atoms with Crippen LogP contribution >= 0.6 is 0 Å². The van der Waals surface area contributed by atoms with E-state index >= 15 is 0 Å². The zero-order valence-corrected chi connectivity index (χ0v) is 18.7. The lowest BCUT2D eigenvalue weighted by Gasteiger charge is -2.52. The lowest BCUT2D eigenvalue weighted by atomic mass is 9.53. The molecule has 2 fully saturated rings. The highest BCUT2D eigenvalue weighted by Crippen LogP contribution is 2.64. The van der Waals surface area contributed by atoms with E-state index in [-0.39, 0.29) is 18.7 Å². The largest absolute Gasteiger partial charge is 0.458 e. The molecule has 0 bridgehead atoms. The fourth-order valence-corrected chi connectivity index (χ4v) is 7.93. The highest BCUT2D eigenvalue weighted by atomic mass is 16.5. The van der Waals surface area contributed by atoms with Crippen molar-refractivity contribution in [2.24, 2.45) is 29.1 Å². The maximum Gasteiger partial charge on any atom is 0.336 e. The number of aliphatic hydroxyl groups excluding tert-OH is 1. The number of fused-ring (bicyclic) bond motifs is 5. The van der Waals surface area contributed by atoms with Gasteiger partial charge in [0.1, 0.15) is 6.10 Å². The number of esters is 1. The summed E-state index contributed by atoms with van der Waals surface area (Å²) in [5.74, 6) is 3.01. The Balaban J connectivity index is 1.36. The van der Waals surface area contributed by atoms with E-state index in [1.165, 1.54) is 44.1 Å². The first-order chi connectivity index (χ1) is 14.4.